The summed E-state index contributed by atoms with van der Waals surface area (Å²) in [5.74, 6) is -4.55. The summed E-state index contributed by atoms with van der Waals surface area (Å²) >= 11 is 0. The maximum Gasteiger partial charge on any atom is 0.364 e. The van der Waals surface area contributed by atoms with Gasteiger partial charge in [-0.25, -0.2) is 4.79 Å². The minimum absolute atomic E-state index is 0.221. The van der Waals surface area contributed by atoms with Crippen molar-refractivity contribution < 1.29 is 63.2 Å². The second kappa shape index (κ2) is 11.0. The molecule has 2 amide bonds. The first-order chi connectivity index (χ1) is 16.4. The number of hydrogen-bond acceptors (Lipinski definition) is 12. The number of nitrogens with one attached hydrogen (secondary N) is 2. The third-order valence-electron chi connectivity index (χ3n) is 6.06. The summed E-state index contributed by atoms with van der Waals surface area (Å²) in [4.78, 5) is 35.5. The van der Waals surface area contributed by atoms with E-state index in [9.17, 15) is 34.8 Å². The van der Waals surface area contributed by atoms with Gasteiger partial charge in [0.1, 0.15) is 48.7 Å². The van der Waals surface area contributed by atoms with Crippen LogP contribution in [0.5, 0.6) is 0 Å². The van der Waals surface area contributed by atoms with E-state index in [1.165, 1.54) is 27.9 Å². The zero-order valence-electron chi connectivity index (χ0n) is 19.7. The van der Waals surface area contributed by atoms with Crippen LogP contribution >= 0.6 is 0 Å². The molecular weight excluding hydrogens is 476 g/mol. The lowest BCUT2D eigenvalue weighted by Gasteiger charge is -2.52. The molecule has 15 heteroatoms. The fourth-order valence-electron chi connectivity index (χ4n) is 4.32. The van der Waals surface area contributed by atoms with E-state index in [4.69, 9.17) is 28.4 Å². The molecule has 0 bridgehead atoms. The lowest BCUT2D eigenvalue weighted by atomic mass is 9.93. The van der Waals surface area contributed by atoms with E-state index in [0.717, 1.165) is 0 Å². The summed E-state index contributed by atoms with van der Waals surface area (Å²) in [5, 5.41) is 45.1. The monoisotopic (exact) mass is 508 g/mol. The molecule has 0 saturated carbocycles. The van der Waals surface area contributed by atoms with E-state index in [0.29, 0.717) is 0 Å². The largest absolute Gasteiger partial charge is 0.477 e. The molecule has 35 heavy (non-hydrogen) atoms. The highest BCUT2D eigenvalue weighted by atomic mass is 16.8. The molecule has 3 aliphatic rings. The highest BCUT2D eigenvalue weighted by Gasteiger charge is 2.57. The summed E-state index contributed by atoms with van der Waals surface area (Å²) in [6.45, 7) is 2.71. The first-order valence-electron chi connectivity index (χ1n) is 11.0. The van der Waals surface area contributed by atoms with Gasteiger partial charge in [0.25, 0.3) is 5.79 Å². The van der Waals surface area contributed by atoms with E-state index in [1.807, 2.05) is 0 Å². The number of amides is 2. The number of hydrogen-bond donors (Lipinski definition) is 6. The normalized spacial score (nSPS) is 43.6. The first-order valence-corrected chi connectivity index (χ1v) is 11.0. The molecule has 0 aromatic heterocycles. The molecule has 0 unspecified atom stereocenters. The maximum absolute atomic E-state index is 12.0. The molecule has 0 aromatic carbocycles. The van der Waals surface area contributed by atoms with E-state index >= 15 is 0 Å². The van der Waals surface area contributed by atoms with E-state index in [1.54, 1.807) is 0 Å². The van der Waals surface area contributed by atoms with Crippen molar-refractivity contribution in [2.45, 2.75) is 87.8 Å². The number of ether oxygens (including phenoxy) is 6. The van der Waals surface area contributed by atoms with Crippen molar-refractivity contribution in [3.8, 4) is 0 Å². The van der Waals surface area contributed by atoms with Gasteiger partial charge < -0.3 is 59.5 Å². The summed E-state index contributed by atoms with van der Waals surface area (Å²) in [7, 11) is 1.32. The molecule has 3 heterocycles. The molecule has 0 radical (unpaired) electrons. The number of carboxylic acids is 1. The van der Waals surface area contributed by atoms with Crippen molar-refractivity contribution in [3.05, 3.63) is 0 Å². The Kier molecular flexibility index (Phi) is 8.67. The maximum atomic E-state index is 12.0. The zero-order chi connectivity index (χ0) is 26.1. The molecule has 3 rings (SSSR count). The molecule has 6 N–H and O–H groups in total. The van der Waals surface area contributed by atoms with Crippen LogP contribution in [-0.4, -0.2) is 126 Å². The standard InChI is InChI=1S/C20H32N2O13/c1-7(24)21-11-14(27)13(26)9(5-23)32-18(11)34-16-12(22-8(2)25)17(30-4)33-10-6-31-20(3,19(28)29)35-15(10)16/h9-18,23,26-27H,5-6H2,1-4H3,(H,21,24)(H,22,25)(H,28,29)/t9-,10-,11-,12+,13-,14-,15-,16-,17-,18+,20+/m1/s1. The molecule has 0 spiro atoms. The molecule has 0 aliphatic carbocycles. The van der Waals surface area contributed by atoms with Crippen molar-refractivity contribution in [3.63, 3.8) is 0 Å². The number of fused-ring (bicyclic) bond motifs is 1. The van der Waals surface area contributed by atoms with Crippen LogP contribution in [0.25, 0.3) is 0 Å². The number of carbonyl (C=O) groups is 3. The van der Waals surface area contributed by atoms with Crippen LogP contribution in [0.4, 0.5) is 0 Å². The molecule has 0 aromatic rings. The summed E-state index contributed by atoms with van der Waals surface area (Å²) < 4.78 is 34.0. The highest BCUT2D eigenvalue weighted by molar-refractivity contribution is 5.75. The number of aliphatic hydroxyl groups is 3. The molecule has 3 saturated heterocycles. The SMILES string of the molecule is CO[C@@H]1O[C@@H]2CO[C@](C)(C(=O)O)O[C@H]2[C@H](O[C@@H]2O[C@H](CO)[C@@H](O)[C@H](O)[C@H]2NC(C)=O)[C@@H]1NC(C)=O. The highest BCUT2D eigenvalue weighted by Crippen LogP contribution is 2.36. The van der Waals surface area contributed by atoms with E-state index < -0.39 is 91.5 Å². The van der Waals surface area contributed by atoms with Gasteiger partial charge in [-0.1, -0.05) is 0 Å². The Hall–Kier alpha value is -1.95. The molecule has 3 fully saturated rings. The predicted octanol–water partition coefficient (Wildman–Crippen LogP) is -3.59. The number of aliphatic hydroxyl groups excluding tert-OH is 3. The third-order valence-corrected chi connectivity index (χ3v) is 6.06. The second-order valence-corrected chi connectivity index (χ2v) is 8.68. The van der Waals surface area contributed by atoms with Crippen molar-refractivity contribution in [2.24, 2.45) is 0 Å². The minimum Gasteiger partial charge on any atom is -0.477 e. The zero-order valence-corrected chi connectivity index (χ0v) is 19.7. The van der Waals surface area contributed by atoms with E-state index in [-0.39, 0.29) is 6.61 Å². The Morgan fingerprint density at radius 2 is 1.66 bits per heavy atom. The van der Waals surface area contributed by atoms with Gasteiger partial charge in [-0.3, -0.25) is 9.59 Å². The lowest BCUT2D eigenvalue weighted by Crippen LogP contribution is -2.72. The van der Waals surface area contributed by atoms with Crippen LogP contribution in [0.1, 0.15) is 20.8 Å². The Labute approximate surface area is 200 Å². The second-order valence-electron chi connectivity index (χ2n) is 8.68. The first kappa shape index (κ1) is 27.6. The topological polar surface area (TPSA) is 212 Å². The Bertz CT molecular complexity index is 799. The number of rotatable bonds is 7. The number of carbonyl (C=O) groups excluding carboxylic acids is 2. The third kappa shape index (κ3) is 5.73. The average molecular weight is 508 g/mol. The van der Waals surface area contributed by atoms with Crippen LogP contribution in [-0.2, 0) is 42.8 Å². The molecule has 3 aliphatic heterocycles. The van der Waals surface area contributed by atoms with Gasteiger partial charge >= 0.3 is 5.97 Å². The fraction of sp³-hybridized carbons (Fsp3) is 0.850. The smallest absolute Gasteiger partial charge is 0.364 e. The summed E-state index contributed by atoms with van der Waals surface area (Å²) in [5.41, 5.74) is 0. The van der Waals surface area contributed by atoms with Gasteiger partial charge in [0.15, 0.2) is 12.6 Å². The quantitative estimate of drug-likeness (QED) is 0.196. The van der Waals surface area contributed by atoms with Crippen LogP contribution in [0.3, 0.4) is 0 Å². The van der Waals surface area contributed by atoms with E-state index in [2.05, 4.69) is 10.6 Å². The van der Waals surface area contributed by atoms with Gasteiger partial charge in [-0.2, -0.15) is 0 Å². The minimum atomic E-state index is -2.07. The van der Waals surface area contributed by atoms with Crippen LogP contribution in [0, 0.1) is 0 Å². The summed E-state index contributed by atoms with van der Waals surface area (Å²) in [6.07, 6.45) is -10.2. The Balaban J connectivity index is 1.99. The van der Waals surface area contributed by atoms with Crippen molar-refractivity contribution in [2.75, 3.05) is 20.3 Å². The lowest BCUT2D eigenvalue weighted by molar-refractivity contribution is -0.383. The van der Waals surface area contributed by atoms with Crippen molar-refractivity contribution in [1.82, 2.24) is 10.6 Å². The van der Waals surface area contributed by atoms with Gasteiger partial charge in [-0.05, 0) is 0 Å². The number of aliphatic carboxylic acids is 1. The molecule has 11 atom stereocenters. The molecule has 15 nitrogen and oxygen atoms in total. The van der Waals surface area contributed by atoms with Gasteiger partial charge in [0.2, 0.25) is 11.8 Å². The number of methoxy groups -OCH3 is 1. The van der Waals surface area contributed by atoms with Crippen molar-refractivity contribution in [1.29, 1.82) is 0 Å². The molecule has 200 valence electrons. The number of carboxylic acid groups (broad SMARTS) is 1. The fourth-order valence-corrected chi connectivity index (χ4v) is 4.32. The van der Waals surface area contributed by atoms with Crippen LogP contribution in [0.2, 0.25) is 0 Å². The summed E-state index contributed by atoms with van der Waals surface area (Å²) in [6, 6.07) is -2.36. The van der Waals surface area contributed by atoms with Crippen LogP contribution < -0.4 is 10.6 Å². The predicted molar refractivity (Wildman–Crippen MR) is 110 cm³/mol. The average Bonchev–Trinajstić information content (AvgIpc) is 2.79. The Morgan fingerprint density at radius 1 is 1.03 bits per heavy atom. The van der Waals surface area contributed by atoms with Gasteiger partial charge in [-0.15, -0.1) is 0 Å². The van der Waals surface area contributed by atoms with Gasteiger partial charge in [0.05, 0.1) is 13.2 Å². The Morgan fingerprint density at radius 3 is 2.20 bits per heavy atom. The molecular formula is C20H32N2O13. The van der Waals surface area contributed by atoms with Gasteiger partial charge in [0, 0.05) is 27.9 Å². The van der Waals surface area contributed by atoms with Crippen LogP contribution in [0.15, 0.2) is 0 Å². The van der Waals surface area contributed by atoms with Crippen molar-refractivity contribution >= 4 is 17.8 Å².